The van der Waals surface area contributed by atoms with Crippen molar-refractivity contribution in [1.82, 2.24) is 15.0 Å². The topological polar surface area (TPSA) is 97.0 Å². The highest BCUT2D eigenvalue weighted by Crippen LogP contribution is 2.23. The molecule has 0 bridgehead atoms. The number of rotatable bonds is 6. The molecule has 6 nitrogen and oxygen atoms in total. The van der Waals surface area contributed by atoms with Crippen LogP contribution < -0.4 is 11.1 Å². The number of anilines is 2. The molecule has 0 spiro atoms. The minimum atomic E-state index is 0.0691. The van der Waals surface area contributed by atoms with Crippen LogP contribution in [0.25, 0.3) is 11.0 Å². The second-order valence-electron chi connectivity index (χ2n) is 4.88. The minimum Gasteiger partial charge on any atom is -0.506 e. The zero-order valence-electron chi connectivity index (χ0n) is 11.9. The number of unbranched alkanes of at least 4 members (excludes halogenated alkanes) is 1. The highest BCUT2D eigenvalue weighted by atomic mass is 16.3. The van der Waals surface area contributed by atoms with Crippen LogP contribution in [0.3, 0.4) is 0 Å². The molecule has 108 valence electrons. The van der Waals surface area contributed by atoms with Crippen molar-refractivity contribution in [1.29, 1.82) is 0 Å². The molecule has 0 fully saturated rings. The Kier molecular flexibility index (Phi) is 4.55. The molecule has 6 heteroatoms. The number of pyridine rings is 1. The molecule has 0 saturated carbocycles. The van der Waals surface area contributed by atoms with Gasteiger partial charge in [-0.05, 0) is 12.8 Å². The van der Waals surface area contributed by atoms with E-state index in [1.807, 2.05) is 0 Å². The smallest absolute Gasteiger partial charge is 0.222 e. The zero-order valence-corrected chi connectivity index (χ0v) is 11.9. The maximum absolute atomic E-state index is 9.47. The predicted octanol–water partition coefficient (Wildman–Crippen LogP) is 2.69. The Bertz CT molecular complexity index is 582. The van der Waals surface area contributed by atoms with Gasteiger partial charge < -0.3 is 16.2 Å². The number of hydrogen-bond acceptors (Lipinski definition) is 6. The van der Waals surface area contributed by atoms with Gasteiger partial charge in [-0.2, -0.15) is 4.98 Å². The lowest BCUT2D eigenvalue weighted by atomic mass is 10.1. The quantitative estimate of drug-likeness (QED) is 0.750. The fourth-order valence-corrected chi connectivity index (χ4v) is 2.15. The lowest BCUT2D eigenvalue weighted by Gasteiger charge is -2.18. The van der Waals surface area contributed by atoms with Gasteiger partial charge in [0.05, 0.1) is 6.20 Å². The second kappa shape index (κ2) is 6.36. The Morgan fingerprint density at radius 1 is 1.35 bits per heavy atom. The highest BCUT2D eigenvalue weighted by Gasteiger charge is 2.12. The van der Waals surface area contributed by atoms with Crippen molar-refractivity contribution in [2.75, 3.05) is 11.1 Å². The summed E-state index contributed by atoms with van der Waals surface area (Å²) in [7, 11) is 0. The summed E-state index contributed by atoms with van der Waals surface area (Å²) in [6.07, 6.45) is 5.80. The summed E-state index contributed by atoms with van der Waals surface area (Å²) in [6, 6.07) is 1.88. The van der Waals surface area contributed by atoms with Gasteiger partial charge >= 0.3 is 0 Å². The van der Waals surface area contributed by atoms with Crippen LogP contribution in [0.4, 0.5) is 11.8 Å². The molecule has 0 saturated heterocycles. The van der Waals surface area contributed by atoms with Crippen LogP contribution in [-0.2, 0) is 0 Å². The van der Waals surface area contributed by atoms with E-state index in [0.29, 0.717) is 22.9 Å². The molecule has 1 atom stereocenters. The van der Waals surface area contributed by atoms with E-state index in [4.69, 9.17) is 5.73 Å². The number of nitrogen functional groups attached to an aromatic ring is 1. The number of aromatic nitrogens is 3. The first-order valence-electron chi connectivity index (χ1n) is 7.02. The van der Waals surface area contributed by atoms with Crippen molar-refractivity contribution in [2.24, 2.45) is 0 Å². The molecular formula is C14H21N5O. The van der Waals surface area contributed by atoms with E-state index < -0.39 is 0 Å². The fraction of sp³-hybridized carbons (Fsp3) is 0.500. The summed E-state index contributed by atoms with van der Waals surface area (Å²) in [5.41, 5.74) is 6.90. The molecule has 2 aromatic rings. The van der Waals surface area contributed by atoms with Crippen LogP contribution in [0.2, 0.25) is 0 Å². The normalized spacial score (nSPS) is 12.5. The van der Waals surface area contributed by atoms with Crippen LogP contribution >= 0.6 is 0 Å². The van der Waals surface area contributed by atoms with E-state index in [1.54, 1.807) is 6.07 Å². The molecule has 0 aliphatic rings. The van der Waals surface area contributed by atoms with Crippen LogP contribution in [0, 0.1) is 0 Å². The number of nitrogens with one attached hydrogen (secondary N) is 1. The number of nitrogens with two attached hydrogens (primary N) is 1. The van der Waals surface area contributed by atoms with Crippen LogP contribution in [0.1, 0.15) is 39.5 Å². The number of nitrogens with zero attached hydrogens (tertiary/aromatic N) is 3. The van der Waals surface area contributed by atoms with Gasteiger partial charge in [-0.25, -0.2) is 9.97 Å². The molecule has 2 heterocycles. The molecule has 4 N–H and O–H groups in total. The molecule has 20 heavy (non-hydrogen) atoms. The largest absolute Gasteiger partial charge is 0.506 e. The summed E-state index contributed by atoms with van der Waals surface area (Å²) in [4.78, 5) is 12.5. The first-order valence-corrected chi connectivity index (χ1v) is 7.02. The molecule has 2 rings (SSSR count). The average molecular weight is 275 g/mol. The summed E-state index contributed by atoms with van der Waals surface area (Å²) in [5.74, 6) is 0.882. The third-order valence-electron chi connectivity index (χ3n) is 3.28. The van der Waals surface area contributed by atoms with Crippen molar-refractivity contribution < 1.29 is 5.11 Å². The molecular weight excluding hydrogens is 254 g/mol. The number of aromatic hydroxyl groups is 1. The molecule has 2 aromatic heterocycles. The Labute approximate surface area is 118 Å². The molecule has 0 amide bonds. The minimum absolute atomic E-state index is 0.0691. The van der Waals surface area contributed by atoms with Gasteiger partial charge in [-0.15, -0.1) is 0 Å². The van der Waals surface area contributed by atoms with Crippen LogP contribution in [0.15, 0.2) is 12.3 Å². The molecule has 0 unspecified atom stereocenters. The van der Waals surface area contributed by atoms with Crippen molar-refractivity contribution >= 4 is 22.8 Å². The van der Waals surface area contributed by atoms with Gasteiger partial charge in [0.15, 0.2) is 5.82 Å². The lowest BCUT2D eigenvalue weighted by Crippen LogP contribution is -2.20. The van der Waals surface area contributed by atoms with E-state index >= 15 is 0 Å². The fourth-order valence-electron chi connectivity index (χ4n) is 2.15. The zero-order chi connectivity index (χ0) is 14.5. The van der Waals surface area contributed by atoms with Gasteiger partial charge in [0.1, 0.15) is 16.8 Å². The molecule has 0 aliphatic carbocycles. The van der Waals surface area contributed by atoms with Crippen molar-refractivity contribution in [2.45, 2.75) is 45.6 Å². The first kappa shape index (κ1) is 14.3. The Balaban J connectivity index is 2.32. The summed E-state index contributed by atoms with van der Waals surface area (Å²) >= 11 is 0. The highest BCUT2D eigenvalue weighted by molar-refractivity contribution is 5.86. The standard InChI is InChI=1S/C14H21N5O/c1-3-5-6-9(4-2)17-13-12-11(18-14(15)19-13)7-10(20)8-16-12/h7-9,20H,3-6H2,1-2H3,(H3,15,17,18,19)/t9-/m0/s1. The first-order chi connectivity index (χ1) is 9.63. The van der Waals surface area contributed by atoms with E-state index in [2.05, 4.69) is 34.1 Å². The van der Waals surface area contributed by atoms with Crippen molar-refractivity contribution in [3.05, 3.63) is 12.3 Å². The second-order valence-corrected chi connectivity index (χ2v) is 4.88. The summed E-state index contributed by atoms with van der Waals surface area (Å²) in [5, 5.41) is 12.9. The summed E-state index contributed by atoms with van der Waals surface area (Å²) in [6.45, 7) is 4.31. The maximum Gasteiger partial charge on any atom is 0.222 e. The van der Waals surface area contributed by atoms with E-state index in [-0.39, 0.29) is 11.7 Å². The van der Waals surface area contributed by atoms with Crippen LogP contribution in [0.5, 0.6) is 5.75 Å². The van der Waals surface area contributed by atoms with Gasteiger partial charge in [0, 0.05) is 12.1 Å². The lowest BCUT2D eigenvalue weighted by molar-refractivity contribution is 0.473. The Hall–Kier alpha value is -2.11. The van der Waals surface area contributed by atoms with E-state index in [1.165, 1.54) is 6.20 Å². The monoisotopic (exact) mass is 275 g/mol. The van der Waals surface area contributed by atoms with Crippen LogP contribution in [-0.4, -0.2) is 26.1 Å². The predicted molar refractivity (Wildman–Crippen MR) is 80.6 cm³/mol. The third kappa shape index (κ3) is 3.26. The van der Waals surface area contributed by atoms with Gasteiger partial charge in [-0.1, -0.05) is 26.7 Å². The van der Waals surface area contributed by atoms with Gasteiger partial charge in [0.25, 0.3) is 0 Å². The van der Waals surface area contributed by atoms with Gasteiger partial charge in [-0.3, -0.25) is 0 Å². The van der Waals surface area contributed by atoms with E-state index in [0.717, 1.165) is 25.7 Å². The van der Waals surface area contributed by atoms with Gasteiger partial charge in [0.2, 0.25) is 5.95 Å². The number of hydrogen-bond donors (Lipinski definition) is 3. The van der Waals surface area contributed by atoms with Crippen molar-refractivity contribution in [3.8, 4) is 5.75 Å². The average Bonchev–Trinajstić information content (AvgIpc) is 2.42. The van der Waals surface area contributed by atoms with E-state index in [9.17, 15) is 5.11 Å². The Morgan fingerprint density at radius 2 is 2.15 bits per heavy atom. The molecule has 0 radical (unpaired) electrons. The Morgan fingerprint density at radius 3 is 2.85 bits per heavy atom. The molecule has 0 aromatic carbocycles. The third-order valence-corrected chi connectivity index (χ3v) is 3.28. The molecule has 0 aliphatic heterocycles. The summed E-state index contributed by atoms with van der Waals surface area (Å²) < 4.78 is 0. The number of fused-ring (bicyclic) bond motifs is 1. The maximum atomic E-state index is 9.47. The SMILES string of the molecule is CCCC[C@H](CC)Nc1nc(N)nc2cc(O)cnc12. The van der Waals surface area contributed by atoms with Crippen molar-refractivity contribution in [3.63, 3.8) is 0 Å².